The SMILES string of the molecule is O=S(=O)(Oc1cccc(F)c1)c1c(Cl)cccc1Cl. The Kier molecular flexibility index (Phi) is 3.99. The van der Waals surface area contributed by atoms with Gasteiger partial charge in [0.05, 0.1) is 10.0 Å². The quantitative estimate of drug-likeness (QED) is 0.805. The summed E-state index contributed by atoms with van der Waals surface area (Å²) in [6, 6.07) is 9.00. The maximum absolute atomic E-state index is 13.0. The predicted octanol–water partition coefficient (Wildman–Crippen LogP) is 3.90. The van der Waals surface area contributed by atoms with Crippen molar-refractivity contribution in [2.45, 2.75) is 4.90 Å². The van der Waals surface area contributed by atoms with Crippen LogP contribution in [0.1, 0.15) is 0 Å². The van der Waals surface area contributed by atoms with Crippen LogP contribution >= 0.6 is 23.2 Å². The first kappa shape index (κ1) is 14.1. The van der Waals surface area contributed by atoms with Crippen LogP contribution in [0.3, 0.4) is 0 Å². The Hall–Kier alpha value is -1.30. The lowest BCUT2D eigenvalue weighted by Crippen LogP contribution is -2.11. The molecule has 100 valence electrons. The minimum Gasteiger partial charge on any atom is -0.379 e. The molecule has 7 heteroatoms. The van der Waals surface area contributed by atoms with Crippen LogP contribution in [0.15, 0.2) is 47.4 Å². The first-order valence-corrected chi connectivity index (χ1v) is 7.20. The fourth-order valence-electron chi connectivity index (χ4n) is 1.41. The fraction of sp³-hybridized carbons (Fsp3) is 0. The Labute approximate surface area is 119 Å². The zero-order valence-electron chi connectivity index (χ0n) is 9.31. The topological polar surface area (TPSA) is 43.4 Å². The van der Waals surface area contributed by atoms with Crippen molar-refractivity contribution in [2.24, 2.45) is 0 Å². The number of hydrogen-bond donors (Lipinski definition) is 0. The van der Waals surface area contributed by atoms with Crippen LogP contribution in [0.5, 0.6) is 5.75 Å². The summed E-state index contributed by atoms with van der Waals surface area (Å²) in [5.41, 5.74) is 0. The molecule has 0 N–H and O–H groups in total. The average Bonchev–Trinajstić information content (AvgIpc) is 2.27. The van der Waals surface area contributed by atoms with Gasteiger partial charge in [-0.25, -0.2) is 4.39 Å². The van der Waals surface area contributed by atoms with Crippen molar-refractivity contribution in [1.29, 1.82) is 0 Å². The summed E-state index contributed by atoms with van der Waals surface area (Å²) >= 11 is 11.6. The third kappa shape index (κ3) is 3.18. The van der Waals surface area contributed by atoms with E-state index in [2.05, 4.69) is 0 Å². The Bertz CT molecular complexity index is 696. The van der Waals surface area contributed by atoms with Gasteiger partial charge >= 0.3 is 10.1 Å². The van der Waals surface area contributed by atoms with Crippen molar-refractivity contribution < 1.29 is 17.0 Å². The highest BCUT2D eigenvalue weighted by atomic mass is 35.5. The molecule has 0 aromatic heterocycles. The van der Waals surface area contributed by atoms with E-state index in [1.165, 1.54) is 36.4 Å². The largest absolute Gasteiger partial charge is 0.379 e. The molecule has 0 heterocycles. The minimum absolute atomic E-state index is 0.0658. The van der Waals surface area contributed by atoms with Crippen molar-refractivity contribution in [2.75, 3.05) is 0 Å². The predicted molar refractivity (Wildman–Crippen MR) is 70.7 cm³/mol. The van der Waals surface area contributed by atoms with Gasteiger partial charge in [0.1, 0.15) is 16.5 Å². The van der Waals surface area contributed by atoms with Crippen molar-refractivity contribution in [3.63, 3.8) is 0 Å². The first-order chi connectivity index (χ1) is 8.90. The molecule has 0 spiro atoms. The molecule has 2 rings (SSSR count). The standard InChI is InChI=1S/C12H7Cl2FO3S/c13-10-5-2-6-11(14)12(10)19(16,17)18-9-4-1-3-8(15)7-9/h1-7H. The van der Waals surface area contributed by atoms with Gasteiger partial charge in [0.25, 0.3) is 0 Å². The van der Waals surface area contributed by atoms with Crippen molar-refractivity contribution in [3.05, 3.63) is 58.3 Å². The molecule has 0 aliphatic rings. The van der Waals surface area contributed by atoms with Gasteiger partial charge in [0, 0.05) is 6.07 Å². The van der Waals surface area contributed by atoms with E-state index in [4.69, 9.17) is 27.4 Å². The lowest BCUT2D eigenvalue weighted by atomic mass is 10.3. The van der Waals surface area contributed by atoms with E-state index >= 15 is 0 Å². The van der Waals surface area contributed by atoms with Crippen LogP contribution in [-0.4, -0.2) is 8.42 Å². The molecular formula is C12H7Cl2FO3S. The average molecular weight is 321 g/mol. The second-order valence-electron chi connectivity index (χ2n) is 3.55. The van der Waals surface area contributed by atoms with E-state index in [0.29, 0.717) is 0 Å². The molecular weight excluding hydrogens is 314 g/mol. The van der Waals surface area contributed by atoms with Gasteiger partial charge in [-0.05, 0) is 24.3 Å². The van der Waals surface area contributed by atoms with E-state index in [9.17, 15) is 12.8 Å². The highest BCUT2D eigenvalue weighted by Gasteiger charge is 2.23. The molecule has 0 saturated carbocycles. The summed E-state index contributed by atoms with van der Waals surface area (Å²) in [6.45, 7) is 0. The normalized spacial score (nSPS) is 11.3. The van der Waals surface area contributed by atoms with Gasteiger partial charge < -0.3 is 4.18 Å². The third-order valence-electron chi connectivity index (χ3n) is 2.17. The molecule has 0 radical (unpaired) electrons. The summed E-state index contributed by atoms with van der Waals surface area (Å²) < 4.78 is 41.9. The molecule has 3 nitrogen and oxygen atoms in total. The summed E-state index contributed by atoms with van der Waals surface area (Å²) in [5.74, 6) is -0.769. The Morgan fingerprint density at radius 3 is 2.16 bits per heavy atom. The molecule has 0 aliphatic heterocycles. The third-order valence-corrected chi connectivity index (χ3v) is 4.38. The molecule has 0 fully saturated rings. The Morgan fingerprint density at radius 2 is 1.58 bits per heavy atom. The van der Waals surface area contributed by atoms with E-state index in [1.54, 1.807) is 0 Å². The van der Waals surface area contributed by atoms with Gasteiger partial charge in [-0.15, -0.1) is 0 Å². The lowest BCUT2D eigenvalue weighted by Gasteiger charge is -2.09. The van der Waals surface area contributed by atoms with Crippen LogP contribution in [0.25, 0.3) is 0 Å². The maximum atomic E-state index is 13.0. The Morgan fingerprint density at radius 1 is 1.00 bits per heavy atom. The van der Waals surface area contributed by atoms with Gasteiger partial charge in [-0.3, -0.25) is 0 Å². The van der Waals surface area contributed by atoms with Crippen LogP contribution in [0, 0.1) is 5.82 Å². The van der Waals surface area contributed by atoms with E-state index in [-0.39, 0.29) is 20.7 Å². The fourth-order valence-corrected chi connectivity index (χ4v) is 3.43. The highest BCUT2D eigenvalue weighted by Crippen LogP contribution is 2.31. The molecule has 0 unspecified atom stereocenters. The van der Waals surface area contributed by atoms with Gasteiger partial charge in [0.2, 0.25) is 0 Å². The van der Waals surface area contributed by atoms with E-state index < -0.39 is 15.9 Å². The highest BCUT2D eigenvalue weighted by molar-refractivity contribution is 7.87. The summed E-state index contributed by atoms with van der Waals surface area (Å²) in [7, 11) is -4.22. The number of rotatable bonds is 3. The summed E-state index contributed by atoms with van der Waals surface area (Å²) in [6.07, 6.45) is 0. The number of benzene rings is 2. The van der Waals surface area contributed by atoms with Gasteiger partial charge in [0.15, 0.2) is 0 Å². The van der Waals surface area contributed by atoms with E-state index in [1.807, 2.05) is 0 Å². The van der Waals surface area contributed by atoms with Crippen LogP contribution in [0.4, 0.5) is 4.39 Å². The van der Waals surface area contributed by atoms with Crippen molar-refractivity contribution >= 4 is 33.3 Å². The molecule has 2 aromatic rings. The molecule has 2 aromatic carbocycles. The minimum atomic E-state index is -4.22. The summed E-state index contributed by atoms with van der Waals surface area (Å²) in [5, 5.41) is -0.132. The molecule has 0 atom stereocenters. The number of hydrogen-bond acceptors (Lipinski definition) is 3. The molecule has 0 bridgehead atoms. The van der Waals surface area contributed by atoms with Crippen molar-refractivity contribution in [3.8, 4) is 5.75 Å². The second-order valence-corrected chi connectivity index (χ2v) is 5.84. The maximum Gasteiger partial charge on any atom is 0.342 e. The first-order valence-electron chi connectivity index (χ1n) is 5.04. The van der Waals surface area contributed by atoms with Crippen LogP contribution < -0.4 is 4.18 Å². The zero-order valence-corrected chi connectivity index (χ0v) is 11.6. The van der Waals surface area contributed by atoms with Crippen LogP contribution in [-0.2, 0) is 10.1 Å². The van der Waals surface area contributed by atoms with Crippen LogP contribution in [0.2, 0.25) is 10.0 Å². The molecule has 19 heavy (non-hydrogen) atoms. The van der Waals surface area contributed by atoms with E-state index in [0.717, 1.165) is 6.07 Å². The monoisotopic (exact) mass is 320 g/mol. The summed E-state index contributed by atoms with van der Waals surface area (Å²) in [4.78, 5) is -0.345. The molecule has 0 amide bonds. The Balaban J connectivity index is 2.44. The molecule has 0 saturated heterocycles. The van der Waals surface area contributed by atoms with Gasteiger partial charge in [-0.2, -0.15) is 8.42 Å². The lowest BCUT2D eigenvalue weighted by molar-refractivity contribution is 0.483. The molecule has 0 aliphatic carbocycles. The smallest absolute Gasteiger partial charge is 0.342 e. The van der Waals surface area contributed by atoms with Gasteiger partial charge in [-0.1, -0.05) is 35.3 Å². The van der Waals surface area contributed by atoms with Crippen molar-refractivity contribution in [1.82, 2.24) is 0 Å². The zero-order chi connectivity index (χ0) is 14.0. The second kappa shape index (κ2) is 5.36. The number of halogens is 3.